The number of hydrogen-bond acceptors (Lipinski definition) is 4. The molecule has 102 valence electrons. The van der Waals surface area contributed by atoms with Gasteiger partial charge in [0.25, 0.3) is 5.91 Å². The third-order valence-corrected chi connectivity index (χ3v) is 2.09. The number of halogens is 1. The number of urea groups is 1. The van der Waals surface area contributed by atoms with Gasteiger partial charge in [-0.05, 0) is 19.1 Å². The van der Waals surface area contributed by atoms with Crippen LogP contribution in [0.2, 0.25) is 0 Å². The number of benzene rings is 1. The number of carbonyl (C=O) groups is 3. The first kappa shape index (κ1) is 14.4. The van der Waals surface area contributed by atoms with Crippen molar-refractivity contribution in [1.82, 2.24) is 5.32 Å². The van der Waals surface area contributed by atoms with E-state index in [0.29, 0.717) is 0 Å². The maximum Gasteiger partial charge on any atom is 0.339 e. The first-order valence-electron chi connectivity index (χ1n) is 5.11. The van der Waals surface area contributed by atoms with Crippen LogP contribution >= 0.6 is 0 Å². The zero-order chi connectivity index (χ0) is 14.6. The van der Waals surface area contributed by atoms with Crippen LogP contribution in [0.15, 0.2) is 18.2 Å². The second-order valence-corrected chi connectivity index (χ2v) is 3.56. The zero-order valence-electron chi connectivity index (χ0n) is 9.84. The van der Waals surface area contributed by atoms with E-state index in [-0.39, 0.29) is 11.3 Å². The highest BCUT2D eigenvalue weighted by molar-refractivity contribution is 5.96. The Bertz CT molecular complexity index is 532. The number of primary amides is 1. The topological polar surface area (TPSA) is 119 Å². The van der Waals surface area contributed by atoms with Gasteiger partial charge in [0.2, 0.25) is 0 Å². The molecule has 0 bridgehead atoms. The van der Waals surface area contributed by atoms with Crippen LogP contribution in [0.3, 0.4) is 0 Å². The van der Waals surface area contributed by atoms with Crippen LogP contribution < -0.4 is 15.8 Å². The Morgan fingerprint density at radius 3 is 2.58 bits per heavy atom. The molecule has 4 N–H and O–H groups in total. The molecule has 0 aromatic heterocycles. The molecule has 19 heavy (non-hydrogen) atoms. The van der Waals surface area contributed by atoms with Crippen LogP contribution in [-0.4, -0.2) is 29.1 Å². The molecule has 1 aromatic rings. The van der Waals surface area contributed by atoms with Gasteiger partial charge in [-0.15, -0.1) is 0 Å². The number of hydrogen-bond donors (Lipinski definition) is 3. The number of aromatic carboxylic acids is 1. The van der Waals surface area contributed by atoms with Gasteiger partial charge >= 0.3 is 12.0 Å². The van der Waals surface area contributed by atoms with Crippen molar-refractivity contribution in [3.8, 4) is 5.75 Å². The fourth-order valence-corrected chi connectivity index (χ4v) is 1.24. The van der Waals surface area contributed by atoms with Gasteiger partial charge in [0.1, 0.15) is 17.1 Å². The van der Waals surface area contributed by atoms with Crippen LogP contribution in [-0.2, 0) is 4.79 Å². The van der Waals surface area contributed by atoms with Crippen molar-refractivity contribution in [3.05, 3.63) is 29.6 Å². The Labute approximate surface area is 107 Å². The number of carboxylic acid groups (broad SMARTS) is 1. The Kier molecular flexibility index (Phi) is 4.41. The minimum atomic E-state index is -1.34. The molecule has 1 unspecified atom stereocenters. The van der Waals surface area contributed by atoms with E-state index in [9.17, 15) is 18.8 Å². The molecule has 0 aliphatic rings. The van der Waals surface area contributed by atoms with Gasteiger partial charge in [0, 0.05) is 6.07 Å². The monoisotopic (exact) mass is 270 g/mol. The molecule has 0 aliphatic carbocycles. The summed E-state index contributed by atoms with van der Waals surface area (Å²) in [5.74, 6) is -3.24. The van der Waals surface area contributed by atoms with Crippen molar-refractivity contribution in [3.63, 3.8) is 0 Å². The number of rotatable bonds is 4. The first-order chi connectivity index (χ1) is 8.81. The number of nitrogens with two attached hydrogens (primary N) is 1. The summed E-state index contributed by atoms with van der Waals surface area (Å²) < 4.78 is 18.0. The Morgan fingerprint density at radius 2 is 2.05 bits per heavy atom. The summed E-state index contributed by atoms with van der Waals surface area (Å²) in [6.45, 7) is 1.26. The fourth-order valence-electron chi connectivity index (χ4n) is 1.24. The van der Waals surface area contributed by atoms with Crippen LogP contribution in [0.5, 0.6) is 5.75 Å². The van der Waals surface area contributed by atoms with Crippen molar-refractivity contribution in [2.75, 3.05) is 0 Å². The normalized spacial score (nSPS) is 11.5. The summed E-state index contributed by atoms with van der Waals surface area (Å²) in [7, 11) is 0. The number of carboxylic acids is 1. The van der Waals surface area contributed by atoms with Gasteiger partial charge < -0.3 is 15.6 Å². The Hall–Kier alpha value is -2.64. The summed E-state index contributed by atoms with van der Waals surface area (Å²) >= 11 is 0. The highest BCUT2D eigenvalue weighted by Gasteiger charge is 2.20. The van der Waals surface area contributed by atoms with Gasteiger partial charge in [0.15, 0.2) is 6.10 Å². The Balaban J connectivity index is 2.92. The molecule has 3 amide bonds. The van der Waals surface area contributed by atoms with E-state index in [1.807, 2.05) is 0 Å². The second kappa shape index (κ2) is 5.80. The molecule has 7 nitrogen and oxygen atoms in total. The van der Waals surface area contributed by atoms with Crippen molar-refractivity contribution in [2.45, 2.75) is 13.0 Å². The van der Waals surface area contributed by atoms with Crippen molar-refractivity contribution < 1.29 is 28.6 Å². The lowest BCUT2D eigenvalue weighted by molar-refractivity contribution is -0.126. The number of imide groups is 1. The maximum atomic E-state index is 13.0. The predicted molar refractivity (Wildman–Crippen MR) is 61.2 cm³/mol. The van der Waals surface area contributed by atoms with Gasteiger partial charge in [-0.1, -0.05) is 0 Å². The van der Waals surface area contributed by atoms with Gasteiger partial charge in [-0.25, -0.2) is 14.0 Å². The minimum Gasteiger partial charge on any atom is -0.480 e. The van der Waals surface area contributed by atoms with E-state index < -0.39 is 29.8 Å². The summed E-state index contributed by atoms with van der Waals surface area (Å²) in [5, 5.41) is 10.6. The van der Waals surface area contributed by atoms with Crippen molar-refractivity contribution in [2.24, 2.45) is 5.73 Å². The van der Waals surface area contributed by atoms with Crippen LogP contribution in [0.1, 0.15) is 17.3 Å². The number of carbonyl (C=O) groups excluding carboxylic acids is 2. The third-order valence-electron chi connectivity index (χ3n) is 2.09. The molecule has 0 spiro atoms. The lowest BCUT2D eigenvalue weighted by Gasteiger charge is -2.15. The standard InChI is InChI=1S/C11H11FN2O5/c1-5(9(15)14-11(13)18)19-8-4-6(12)2-3-7(8)10(16)17/h2-5H,1H3,(H,16,17)(H3,13,14,15,18). The van der Waals surface area contributed by atoms with E-state index in [1.165, 1.54) is 6.92 Å². The summed E-state index contributed by atoms with van der Waals surface area (Å²) in [5.41, 5.74) is 4.44. The highest BCUT2D eigenvalue weighted by Crippen LogP contribution is 2.21. The van der Waals surface area contributed by atoms with E-state index in [2.05, 4.69) is 0 Å². The van der Waals surface area contributed by atoms with Gasteiger partial charge in [0.05, 0.1) is 0 Å². The second-order valence-electron chi connectivity index (χ2n) is 3.56. The number of nitrogens with one attached hydrogen (secondary N) is 1. The van der Waals surface area contributed by atoms with Crippen LogP contribution in [0.4, 0.5) is 9.18 Å². The molecular weight excluding hydrogens is 259 g/mol. The smallest absolute Gasteiger partial charge is 0.339 e. The molecule has 0 saturated carbocycles. The molecule has 0 fully saturated rings. The quantitative estimate of drug-likeness (QED) is 0.735. The SMILES string of the molecule is CC(Oc1cc(F)ccc1C(=O)O)C(=O)NC(N)=O. The highest BCUT2D eigenvalue weighted by atomic mass is 19.1. The van der Waals surface area contributed by atoms with Gasteiger partial charge in [-0.3, -0.25) is 10.1 Å². The molecule has 1 rings (SSSR count). The molecule has 1 aromatic carbocycles. The lowest BCUT2D eigenvalue weighted by atomic mass is 10.2. The van der Waals surface area contributed by atoms with Crippen molar-refractivity contribution in [1.29, 1.82) is 0 Å². The lowest BCUT2D eigenvalue weighted by Crippen LogP contribution is -2.42. The third kappa shape index (κ3) is 3.95. The van der Waals surface area contributed by atoms with E-state index in [0.717, 1.165) is 18.2 Å². The molecular formula is C11H11FN2O5. The number of ether oxygens (including phenoxy) is 1. The molecule has 8 heteroatoms. The largest absolute Gasteiger partial charge is 0.480 e. The fraction of sp³-hybridized carbons (Fsp3) is 0.182. The number of amides is 3. The van der Waals surface area contributed by atoms with Crippen molar-refractivity contribution >= 4 is 17.9 Å². The molecule has 0 radical (unpaired) electrons. The Morgan fingerprint density at radius 1 is 1.42 bits per heavy atom. The van der Waals surface area contributed by atoms with Crippen LogP contribution in [0.25, 0.3) is 0 Å². The first-order valence-corrected chi connectivity index (χ1v) is 5.11. The maximum absolute atomic E-state index is 13.0. The average molecular weight is 270 g/mol. The van der Waals surface area contributed by atoms with E-state index in [1.54, 1.807) is 5.32 Å². The molecule has 0 aliphatic heterocycles. The van der Waals surface area contributed by atoms with E-state index >= 15 is 0 Å². The summed E-state index contributed by atoms with van der Waals surface area (Å²) in [6.07, 6.45) is -1.22. The average Bonchev–Trinajstić information content (AvgIpc) is 2.27. The molecule has 0 saturated heterocycles. The van der Waals surface area contributed by atoms with Gasteiger partial charge in [-0.2, -0.15) is 0 Å². The molecule has 0 heterocycles. The predicted octanol–water partition coefficient (Wildman–Crippen LogP) is 0.486. The van der Waals surface area contributed by atoms with Crippen LogP contribution in [0, 0.1) is 5.82 Å². The zero-order valence-corrected chi connectivity index (χ0v) is 9.84. The summed E-state index contributed by atoms with van der Waals surface area (Å²) in [6, 6.07) is 1.71. The molecule has 1 atom stereocenters. The van der Waals surface area contributed by atoms with E-state index in [4.69, 9.17) is 15.6 Å². The minimum absolute atomic E-state index is 0.305. The summed E-state index contributed by atoms with van der Waals surface area (Å²) in [4.78, 5) is 32.7.